The van der Waals surface area contributed by atoms with Gasteiger partial charge >= 0.3 is 21.3 Å². The largest absolute Gasteiger partial charge is 0.446 e. The van der Waals surface area contributed by atoms with Crippen LogP contribution in [0, 0.1) is 23.2 Å². The molecule has 116 valence electrons. The molecule has 2 N–H and O–H groups in total. The van der Waals surface area contributed by atoms with E-state index in [-0.39, 0.29) is 17.9 Å². The molecule has 0 aromatic carbocycles. The molecule has 0 aromatic heterocycles. The lowest BCUT2D eigenvalue weighted by Crippen LogP contribution is -2.55. The fourth-order valence-electron chi connectivity index (χ4n) is 3.65. The molecule has 3 rings (SSSR count). The van der Waals surface area contributed by atoms with E-state index < -0.39 is 21.3 Å². The molecule has 5 nitrogen and oxygen atoms in total. The molecule has 0 spiro atoms. The number of halogens is 2. The Labute approximate surface area is 116 Å². The summed E-state index contributed by atoms with van der Waals surface area (Å²) >= 11 is 0. The summed E-state index contributed by atoms with van der Waals surface area (Å²) in [6.07, 6.45) is 2.87. The zero-order chi connectivity index (χ0) is 15.3. The number of amides is 1. The normalized spacial score (nSPS) is 32.4. The van der Waals surface area contributed by atoms with Crippen molar-refractivity contribution in [1.82, 2.24) is 5.32 Å². The van der Waals surface area contributed by atoms with Crippen molar-refractivity contribution in [3.05, 3.63) is 0 Å². The summed E-state index contributed by atoms with van der Waals surface area (Å²) in [6, 6.07) is 0. The van der Waals surface area contributed by atoms with Gasteiger partial charge < -0.3 is 5.32 Å². The highest BCUT2D eigenvalue weighted by molar-refractivity contribution is 7.87. The Morgan fingerprint density at radius 2 is 2.00 bits per heavy atom. The average molecular weight is 311 g/mol. The van der Waals surface area contributed by atoms with E-state index in [4.69, 9.17) is 4.55 Å². The smallest absolute Gasteiger partial charge is 0.350 e. The van der Waals surface area contributed by atoms with Crippen LogP contribution in [0.5, 0.6) is 0 Å². The van der Waals surface area contributed by atoms with Crippen molar-refractivity contribution in [1.29, 1.82) is 0 Å². The van der Waals surface area contributed by atoms with Gasteiger partial charge in [0.05, 0.1) is 0 Å². The van der Waals surface area contributed by atoms with E-state index in [0.717, 1.165) is 19.3 Å². The summed E-state index contributed by atoms with van der Waals surface area (Å²) in [5.74, 6) is -0.866. The number of carbonyl (C=O) groups excluding carboxylic acids is 1. The predicted molar refractivity (Wildman–Crippen MR) is 67.6 cm³/mol. The van der Waals surface area contributed by atoms with Crippen LogP contribution in [0.15, 0.2) is 0 Å². The topological polar surface area (TPSA) is 83.5 Å². The van der Waals surface area contributed by atoms with Gasteiger partial charge in [-0.1, -0.05) is 13.8 Å². The van der Waals surface area contributed by atoms with Gasteiger partial charge in [-0.15, -0.1) is 0 Å². The number of carbonyl (C=O) groups is 1. The van der Waals surface area contributed by atoms with Crippen LogP contribution in [0.4, 0.5) is 8.78 Å². The third kappa shape index (κ3) is 2.32. The Kier molecular flexibility index (Phi) is 3.61. The Hall–Kier alpha value is -0.760. The molecule has 0 aromatic rings. The number of hydrogen-bond acceptors (Lipinski definition) is 3. The highest BCUT2D eigenvalue weighted by Crippen LogP contribution is 2.61. The monoisotopic (exact) mass is 311 g/mol. The molecule has 0 aliphatic heterocycles. The van der Waals surface area contributed by atoms with E-state index in [9.17, 15) is 22.0 Å². The minimum absolute atomic E-state index is 0.0186. The van der Waals surface area contributed by atoms with Crippen molar-refractivity contribution in [2.24, 2.45) is 23.2 Å². The van der Waals surface area contributed by atoms with Gasteiger partial charge in [-0.25, -0.2) is 0 Å². The van der Waals surface area contributed by atoms with Crippen LogP contribution in [-0.2, 0) is 14.9 Å². The lowest BCUT2D eigenvalue weighted by Gasteiger charge is -2.60. The van der Waals surface area contributed by atoms with Gasteiger partial charge in [0.2, 0.25) is 0 Å². The second-order valence-corrected chi connectivity index (χ2v) is 7.86. The van der Waals surface area contributed by atoms with E-state index in [2.05, 4.69) is 13.8 Å². The number of fused-ring (bicyclic) bond motifs is 2. The molecule has 20 heavy (non-hydrogen) atoms. The summed E-state index contributed by atoms with van der Waals surface area (Å²) in [5.41, 5.74) is 0.152. The third-order valence-corrected chi connectivity index (χ3v) is 5.95. The third-order valence-electron chi connectivity index (χ3n) is 5.11. The lowest BCUT2D eigenvalue weighted by atomic mass is 9.45. The van der Waals surface area contributed by atoms with E-state index in [1.807, 2.05) is 5.32 Å². The molecule has 0 radical (unpaired) electrons. The standard InChI is InChI=1S/C12H19F2NO4S/c1-11(2)8-4-3-7(9(11)5-8)6-15-10(16)12(13,14)20(17,18)19/h7-9H,3-6H2,1-2H3,(H,15,16)(H,17,18,19). The number of rotatable bonds is 4. The Bertz CT molecular complexity index is 516. The Balaban J connectivity index is 1.95. The molecule has 3 fully saturated rings. The summed E-state index contributed by atoms with van der Waals surface area (Å²) in [5, 5.41) is -2.83. The summed E-state index contributed by atoms with van der Waals surface area (Å²) < 4.78 is 55.5. The molecule has 0 heterocycles. The zero-order valence-electron chi connectivity index (χ0n) is 11.4. The number of alkyl halides is 2. The predicted octanol–water partition coefficient (Wildman–Crippen LogP) is 1.66. The van der Waals surface area contributed by atoms with Crippen molar-refractivity contribution in [3.63, 3.8) is 0 Å². The summed E-state index contributed by atoms with van der Waals surface area (Å²) in [4.78, 5) is 11.2. The fraction of sp³-hybridized carbons (Fsp3) is 0.917. The van der Waals surface area contributed by atoms with Gasteiger partial charge in [0.1, 0.15) is 0 Å². The van der Waals surface area contributed by atoms with Crippen molar-refractivity contribution in [3.8, 4) is 0 Å². The zero-order valence-corrected chi connectivity index (χ0v) is 12.2. The first-order chi connectivity index (χ1) is 8.98. The average Bonchev–Trinajstić information content (AvgIpc) is 2.34. The van der Waals surface area contributed by atoms with Gasteiger partial charge in [0.15, 0.2) is 0 Å². The van der Waals surface area contributed by atoms with Crippen LogP contribution in [0.3, 0.4) is 0 Å². The maximum Gasteiger partial charge on any atom is 0.446 e. The van der Waals surface area contributed by atoms with Crippen LogP contribution < -0.4 is 5.32 Å². The van der Waals surface area contributed by atoms with Gasteiger partial charge in [-0.3, -0.25) is 9.35 Å². The van der Waals surface area contributed by atoms with Gasteiger partial charge in [0, 0.05) is 6.54 Å². The minimum Gasteiger partial charge on any atom is -0.350 e. The molecule has 3 aliphatic rings. The highest BCUT2D eigenvalue weighted by atomic mass is 32.2. The van der Waals surface area contributed by atoms with Crippen LogP contribution in [-0.4, -0.2) is 30.7 Å². The Morgan fingerprint density at radius 1 is 1.40 bits per heavy atom. The first-order valence-electron chi connectivity index (χ1n) is 6.61. The van der Waals surface area contributed by atoms with E-state index in [0.29, 0.717) is 11.8 Å². The van der Waals surface area contributed by atoms with Crippen LogP contribution >= 0.6 is 0 Å². The molecule has 0 saturated heterocycles. The summed E-state index contributed by atoms with van der Waals surface area (Å²) in [7, 11) is -5.73. The SMILES string of the molecule is CC1(C)C2CCC(CNC(=O)C(F)(F)S(=O)(=O)O)C1C2. The van der Waals surface area contributed by atoms with Crippen molar-refractivity contribution in [2.45, 2.75) is 38.4 Å². The molecule has 3 unspecified atom stereocenters. The van der Waals surface area contributed by atoms with Gasteiger partial charge in [-0.05, 0) is 42.4 Å². The molecule has 3 atom stereocenters. The second kappa shape index (κ2) is 4.62. The number of nitrogens with one attached hydrogen (secondary N) is 1. The second-order valence-electron chi connectivity index (χ2n) is 6.40. The number of hydrogen-bond donors (Lipinski definition) is 2. The first-order valence-corrected chi connectivity index (χ1v) is 8.05. The molecular formula is C12H19F2NO4S. The van der Waals surface area contributed by atoms with Crippen molar-refractivity contribution in [2.75, 3.05) is 6.54 Å². The molecule has 3 saturated carbocycles. The van der Waals surface area contributed by atoms with E-state index >= 15 is 0 Å². The quantitative estimate of drug-likeness (QED) is 0.773. The Morgan fingerprint density at radius 3 is 2.45 bits per heavy atom. The van der Waals surface area contributed by atoms with Crippen molar-refractivity contribution >= 4 is 16.0 Å². The molecule has 8 heteroatoms. The van der Waals surface area contributed by atoms with Crippen LogP contribution in [0.25, 0.3) is 0 Å². The van der Waals surface area contributed by atoms with Crippen LogP contribution in [0.1, 0.15) is 33.1 Å². The van der Waals surface area contributed by atoms with Gasteiger partial charge in [-0.2, -0.15) is 17.2 Å². The van der Waals surface area contributed by atoms with E-state index in [1.165, 1.54) is 0 Å². The maximum absolute atomic E-state index is 13.1. The van der Waals surface area contributed by atoms with E-state index in [1.54, 1.807) is 0 Å². The highest BCUT2D eigenvalue weighted by Gasteiger charge is 2.55. The summed E-state index contributed by atoms with van der Waals surface area (Å²) in [6.45, 7) is 4.28. The molecule has 3 aliphatic carbocycles. The fourth-order valence-corrected chi connectivity index (χ4v) is 3.96. The minimum atomic E-state index is -5.73. The molecular weight excluding hydrogens is 292 g/mol. The van der Waals surface area contributed by atoms with Crippen LogP contribution in [0.2, 0.25) is 0 Å². The van der Waals surface area contributed by atoms with Crippen molar-refractivity contribution < 1.29 is 26.5 Å². The molecule has 2 bridgehead atoms. The first kappa shape index (κ1) is 15.6. The lowest BCUT2D eigenvalue weighted by molar-refractivity contribution is -0.138. The molecule has 1 amide bonds. The van der Waals surface area contributed by atoms with Gasteiger partial charge in [0.25, 0.3) is 0 Å². The maximum atomic E-state index is 13.1.